The molecule has 72 valence electrons. The van der Waals surface area contributed by atoms with E-state index in [0.29, 0.717) is 10.5 Å². The highest BCUT2D eigenvalue weighted by Crippen LogP contribution is 2.22. The van der Waals surface area contributed by atoms with Crippen LogP contribution in [0.5, 0.6) is 11.9 Å². The SMILES string of the molecule is CSc1ncc2c(O)nc(O)nc2n1. The lowest BCUT2D eigenvalue weighted by atomic mass is 10.4. The summed E-state index contributed by atoms with van der Waals surface area (Å²) in [5.74, 6) is -0.319. The predicted molar refractivity (Wildman–Crippen MR) is 50.2 cm³/mol. The molecule has 0 saturated carbocycles. The summed E-state index contributed by atoms with van der Waals surface area (Å²) >= 11 is 1.35. The number of thioether (sulfide) groups is 1. The van der Waals surface area contributed by atoms with Crippen LogP contribution in [0.2, 0.25) is 0 Å². The largest absolute Gasteiger partial charge is 0.493 e. The van der Waals surface area contributed by atoms with Crippen LogP contribution in [0.15, 0.2) is 11.4 Å². The topological polar surface area (TPSA) is 92.0 Å². The molecule has 0 aliphatic rings. The van der Waals surface area contributed by atoms with Crippen molar-refractivity contribution in [1.82, 2.24) is 19.9 Å². The summed E-state index contributed by atoms with van der Waals surface area (Å²) in [6.45, 7) is 0. The third-order valence-electron chi connectivity index (χ3n) is 1.58. The van der Waals surface area contributed by atoms with Crippen LogP contribution in [0.25, 0.3) is 11.0 Å². The Labute approximate surface area is 83.1 Å². The smallest absolute Gasteiger partial charge is 0.319 e. The van der Waals surface area contributed by atoms with Gasteiger partial charge >= 0.3 is 6.01 Å². The maximum atomic E-state index is 9.32. The van der Waals surface area contributed by atoms with Gasteiger partial charge in [0.2, 0.25) is 5.88 Å². The summed E-state index contributed by atoms with van der Waals surface area (Å²) in [5.41, 5.74) is 0.231. The summed E-state index contributed by atoms with van der Waals surface area (Å²) in [6.07, 6.45) is 3.24. The number of rotatable bonds is 1. The fraction of sp³-hybridized carbons (Fsp3) is 0.143. The standard InChI is InChI=1S/C7H6N4O2S/c1-14-7-8-2-3-4(10-7)9-6(13)11-5(3)12/h2H,1H3,(H2,8,9,10,11,12,13). The number of nitrogens with zero attached hydrogens (tertiary/aromatic N) is 4. The second-order valence-corrected chi connectivity index (χ2v) is 3.21. The van der Waals surface area contributed by atoms with E-state index in [2.05, 4.69) is 19.9 Å². The highest BCUT2D eigenvalue weighted by molar-refractivity contribution is 7.98. The number of aromatic hydroxyl groups is 2. The molecule has 0 atom stereocenters. The highest BCUT2D eigenvalue weighted by atomic mass is 32.2. The Hall–Kier alpha value is -1.63. The minimum atomic E-state index is -0.499. The third kappa shape index (κ3) is 1.41. The minimum Gasteiger partial charge on any atom is -0.493 e. The van der Waals surface area contributed by atoms with Crippen molar-refractivity contribution in [3.8, 4) is 11.9 Å². The molecule has 0 radical (unpaired) electrons. The summed E-state index contributed by atoms with van der Waals surface area (Å²) < 4.78 is 0. The lowest BCUT2D eigenvalue weighted by molar-refractivity contribution is 0.403. The van der Waals surface area contributed by atoms with Gasteiger partial charge in [-0.25, -0.2) is 9.97 Å². The van der Waals surface area contributed by atoms with E-state index in [1.165, 1.54) is 18.0 Å². The van der Waals surface area contributed by atoms with Crippen LogP contribution < -0.4 is 0 Å². The summed E-state index contributed by atoms with van der Waals surface area (Å²) in [7, 11) is 0. The average molecular weight is 210 g/mol. The van der Waals surface area contributed by atoms with Crippen molar-refractivity contribution in [1.29, 1.82) is 0 Å². The molecule has 2 N–H and O–H groups in total. The van der Waals surface area contributed by atoms with Gasteiger partial charge in [-0.05, 0) is 6.26 Å². The van der Waals surface area contributed by atoms with Crippen LogP contribution in [0.4, 0.5) is 0 Å². The monoisotopic (exact) mass is 210 g/mol. The lowest BCUT2D eigenvalue weighted by Crippen LogP contribution is -1.92. The molecular weight excluding hydrogens is 204 g/mol. The van der Waals surface area contributed by atoms with Crippen molar-refractivity contribution < 1.29 is 10.2 Å². The first-order chi connectivity index (χ1) is 6.70. The fourth-order valence-corrected chi connectivity index (χ4v) is 1.31. The fourth-order valence-electron chi connectivity index (χ4n) is 0.973. The summed E-state index contributed by atoms with van der Waals surface area (Å²) in [4.78, 5) is 15.0. The first-order valence-corrected chi connectivity index (χ1v) is 4.90. The predicted octanol–water partition coefficient (Wildman–Crippen LogP) is 0.553. The minimum absolute atomic E-state index is 0.231. The van der Waals surface area contributed by atoms with Gasteiger partial charge in [-0.2, -0.15) is 9.97 Å². The molecule has 0 aliphatic heterocycles. The maximum Gasteiger partial charge on any atom is 0.319 e. The van der Waals surface area contributed by atoms with E-state index in [-0.39, 0.29) is 11.5 Å². The van der Waals surface area contributed by atoms with Crippen molar-refractivity contribution in [3.63, 3.8) is 0 Å². The van der Waals surface area contributed by atoms with E-state index in [1.807, 2.05) is 6.26 Å². The van der Waals surface area contributed by atoms with Gasteiger partial charge in [-0.1, -0.05) is 11.8 Å². The van der Waals surface area contributed by atoms with Gasteiger partial charge in [0.25, 0.3) is 0 Å². The Bertz CT molecular complexity index is 490. The number of hydrogen-bond donors (Lipinski definition) is 2. The van der Waals surface area contributed by atoms with Crippen LogP contribution in [-0.2, 0) is 0 Å². The molecule has 6 nitrogen and oxygen atoms in total. The van der Waals surface area contributed by atoms with Gasteiger partial charge in [0.15, 0.2) is 10.8 Å². The molecule has 14 heavy (non-hydrogen) atoms. The lowest BCUT2D eigenvalue weighted by Gasteiger charge is -2.00. The molecule has 0 fully saturated rings. The Morgan fingerprint density at radius 1 is 1.21 bits per heavy atom. The van der Waals surface area contributed by atoms with E-state index in [1.54, 1.807) is 0 Å². The van der Waals surface area contributed by atoms with Crippen LogP contribution >= 0.6 is 11.8 Å². The third-order valence-corrected chi connectivity index (χ3v) is 2.14. The quantitative estimate of drug-likeness (QED) is 0.524. The Morgan fingerprint density at radius 2 is 2.00 bits per heavy atom. The van der Waals surface area contributed by atoms with Gasteiger partial charge in [0.05, 0.1) is 5.39 Å². The van der Waals surface area contributed by atoms with E-state index in [9.17, 15) is 5.11 Å². The Morgan fingerprint density at radius 3 is 2.71 bits per heavy atom. The Balaban J connectivity index is 2.75. The van der Waals surface area contributed by atoms with Gasteiger partial charge in [0.1, 0.15) is 0 Å². The Kier molecular flexibility index (Phi) is 2.08. The normalized spacial score (nSPS) is 10.6. The van der Waals surface area contributed by atoms with Crippen molar-refractivity contribution in [3.05, 3.63) is 6.20 Å². The second-order valence-electron chi connectivity index (χ2n) is 2.44. The molecule has 2 aromatic heterocycles. The van der Waals surface area contributed by atoms with Gasteiger partial charge in [0, 0.05) is 6.20 Å². The number of aromatic nitrogens is 4. The molecule has 0 spiro atoms. The molecule has 7 heteroatoms. The molecule has 2 rings (SSSR count). The van der Waals surface area contributed by atoms with Gasteiger partial charge in [-0.3, -0.25) is 0 Å². The molecule has 0 unspecified atom stereocenters. The van der Waals surface area contributed by atoms with Crippen molar-refractivity contribution >= 4 is 22.8 Å². The molecule has 2 heterocycles. The molecule has 0 aromatic carbocycles. The molecule has 0 bridgehead atoms. The van der Waals surface area contributed by atoms with Crippen molar-refractivity contribution in [2.75, 3.05) is 6.26 Å². The van der Waals surface area contributed by atoms with E-state index in [0.717, 1.165) is 0 Å². The second kappa shape index (κ2) is 3.26. The molecule has 0 aliphatic carbocycles. The summed E-state index contributed by atoms with van der Waals surface area (Å²) in [5, 5.41) is 19.2. The van der Waals surface area contributed by atoms with Crippen LogP contribution in [-0.4, -0.2) is 36.4 Å². The van der Waals surface area contributed by atoms with Crippen LogP contribution in [0.1, 0.15) is 0 Å². The van der Waals surface area contributed by atoms with E-state index >= 15 is 0 Å². The number of hydrogen-bond acceptors (Lipinski definition) is 7. The van der Waals surface area contributed by atoms with Crippen molar-refractivity contribution in [2.45, 2.75) is 5.16 Å². The van der Waals surface area contributed by atoms with Gasteiger partial charge in [-0.15, -0.1) is 0 Å². The summed E-state index contributed by atoms with van der Waals surface area (Å²) in [6, 6.07) is -0.499. The number of fused-ring (bicyclic) bond motifs is 1. The average Bonchev–Trinajstić information content (AvgIpc) is 2.16. The molecule has 0 saturated heterocycles. The highest BCUT2D eigenvalue weighted by Gasteiger charge is 2.08. The zero-order chi connectivity index (χ0) is 10.1. The molecular formula is C7H6N4O2S. The van der Waals surface area contributed by atoms with Gasteiger partial charge < -0.3 is 10.2 Å². The first kappa shape index (κ1) is 8.95. The maximum absolute atomic E-state index is 9.32. The van der Waals surface area contributed by atoms with Crippen LogP contribution in [0, 0.1) is 0 Å². The van der Waals surface area contributed by atoms with Crippen LogP contribution in [0.3, 0.4) is 0 Å². The molecule has 0 amide bonds. The van der Waals surface area contributed by atoms with Crippen molar-refractivity contribution in [2.24, 2.45) is 0 Å². The first-order valence-electron chi connectivity index (χ1n) is 3.67. The zero-order valence-electron chi connectivity index (χ0n) is 7.17. The van der Waals surface area contributed by atoms with E-state index in [4.69, 9.17) is 5.11 Å². The zero-order valence-corrected chi connectivity index (χ0v) is 7.99. The van der Waals surface area contributed by atoms with E-state index < -0.39 is 6.01 Å². The molecule has 2 aromatic rings.